The topological polar surface area (TPSA) is 56.8 Å². The molecule has 2 amide bonds. The number of hydrogen-bond donors (Lipinski definition) is 0. The molecule has 1 aromatic carbocycles. The molecule has 10 heteroatoms. The largest absolute Gasteiger partial charge is 0.416 e. The molecule has 4 rings (SSSR count). The number of anilines is 1. The first-order valence-electron chi connectivity index (χ1n) is 9.76. The van der Waals surface area contributed by atoms with Crippen molar-refractivity contribution in [3.63, 3.8) is 0 Å². The maximum atomic E-state index is 13.0. The Bertz CT molecular complexity index is 911. The number of alkyl halides is 3. The fourth-order valence-corrected chi connectivity index (χ4v) is 4.68. The number of nitrogens with zero attached hydrogens (tertiary/aromatic N) is 4. The number of carbonyl (C=O) groups is 2. The van der Waals surface area contributed by atoms with E-state index in [1.54, 1.807) is 11.1 Å². The van der Waals surface area contributed by atoms with Crippen molar-refractivity contribution in [3.8, 4) is 0 Å². The lowest BCUT2D eigenvalue weighted by atomic mass is 10.1. The van der Waals surface area contributed by atoms with Gasteiger partial charge < -0.3 is 14.7 Å². The van der Waals surface area contributed by atoms with Gasteiger partial charge in [-0.15, -0.1) is 11.3 Å². The molecule has 1 unspecified atom stereocenters. The van der Waals surface area contributed by atoms with Crippen molar-refractivity contribution >= 4 is 28.3 Å². The first kappa shape index (κ1) is 20.6. The van der Waals surface area contributed by atoms with Crippen LogP contribution in [0.1, 0.15) is 28.8 Å². The van der Waals surface area contributed by atoms with E-state index in [4.69, 9.17) is 0 Å². The molecule has 0 N–H and O–H groups in total. The second kappa shape index (κ2) is 8.25. The number of rotatable bonds is 3. The quantitative estimate of drug-likeness (QED) is 0.739. The number of halogens is 3. The molecule has 3 heterocycles. The first-order valence-corrected chi connectivity index (χ1v) is 10.6. The van der Waals surface area contributed by atoms with Crippen molar-refractivity contribution in [1.29, 1.82) is 0 Å². The van der Waals surface area contributed by atoms with E-state index in [0.29, 0.717) is 26.2 Å². The zero-order valence-corrected chi connectivity index (χ0v) is 17.0. The molecule has 160 valence electrons. The molecule has 0 aliphatic carbocycles. The van der Waals surface area contributed by atoms with Crippen LogP contribution >= 0.6 is 11.3 Å². The molecule has 2 aromatic rings. The molecule has 2 fully saturated rings. The monoisotopic (exact) mass is 438 g/mol. The lowest BCUT2D eigenvalue weighted by molar-refractivity contribution is -0.137. The van der Waals surface area contributed by atoms with Crippen molar-refractivity contribution in [1.82, 2.24) is 14.8 Å². The van der Waals surface area contributed by atoms with Crippen LogP contribution in [0.25, 0.3) is 0 Å². The normalized spacial score (nSPS) is 20.0. The predicted molar refractivity (Wildman–Crippen MR) is 106 cm³/mol. The molecule has 30 heavy (non-hydrogen) atoms. The summed E-state index contributed by atoms with van der Waals surface area (Å²) >= 11 is 1.50. The van der Waals surface area contributed by atoms with Crippen molar-refractivity contribution in [2.45, 2.75) is 25.1 Å². The van der Waals surface area contributed by atoms with Gasteiger partial charge in [0.1, 0.15) is 6.04 Å². The van der Waals surface area contributed by atoms with Gasteiger partial charge in [0, 0.05) is 49.9 Å². The number of benzene rings is 1. The molecular formula is C20H21F3N4O2S. The molecule has 1 atom stereocenters. The van der Waals surface area contributed by atoms with Crippen molar-refractivity contribution in [2.24, 2.45) is 0 Å². The summed E-state index contributed by atoms with van der Waals surface area (Å²) in [4.78, 5) is 35.3. The highest BCUT2D eigenvalue weighted by Gasteiger charge is 2.37. The lowest BCUT2D eigenvalue weighted by Gasteiger charge is -2.37. The Balaban J connectivity index is 1.38. The summed E-state index contributed by atoms with van der Waals surface area (Å²) in [5.41, 5.74) is -0.832. The third kappa shape index (κ3) is 4.14. The number of thiazole rings is 1. The third-order valence-corrected chi connectivity index (χ3v) is 6.33. The van der Waals surface area contributed by atoms with E-state index in [2.05, 4.69) is 4.98 Å². The first-order chi connectivity index (χ1) is 14.3. The molecular weight excluding hydrogens is 417 g/mol. The molecule has 6 nitrogen and oxygen atoms in total. The van der Waals surface area contributed by atoms with Gasteiger partial charge in [-0.25, -0.2) is 4.98 Å². The zero-order valence-electron chi connectivity index (χ0n) is 16.1. The van der Waals surface area contributed by atoms with Gasteiger partial charge in [-0.05, 0) is 31.0 Å². The minimum Gasteiger partial charge on any atom is -0.337 e. The molecule has 0 spiro atoms. The van der Waals surface area contributed by atoms with Crippen LogP contribution in [-0.2, 0) is 11.0 Å². The van der Waals surface area contributed by atoms with E-state index in [1.807, 2.05) is 10.3 Å². The summed E-state index contributed by atoms with van der Waals surface area (Å²) in [6, 6.07) is 4.21. The van der Waals surface area contributed by atoms with E-state index < -0.39 is 17.6 Å². The molecule has 2 aliphatic heterocycles. The maximum absolute atomic E-state index is 13.0. The molecule has 2 aliphatic rings. The smallest absolute Gasteiger partial charge is 0.337 e. The molecule has 0 radical (unpaired) electrons. The summed E-state index contributed by atoms with van der Waals surface area (Å²) in [5, 5.41) is 2.72. The van der Waals surface area contributed by atoms with Gasteiger partial charge in [0.25, 0.3) is 5.91 Å². The van der Waals surface area contributed by atoms with Crippen molar-refractivity contribution in [2.75, 3.05) is 37.6 Å². The van der Waals surface area contributed by atoms with E-state index in [-0.39, 0.29) is 17.5 Å². The Morgan fingerprint density at radius 1 is 1.07 bits per heavy atom. The van der Waals surface area contributed by atoms with Crippen LogP contribution in [-0.4, -0.2) is 65.4 Å². The van der Waals surface area contributed by atoms with E-state index in [0.717, 1.165) is 36.7 Å². The van der Waals surface area contributed by atoms with Crippen LogP contribution in [0.3, 0.4) is 0 Å². The summed E-state index contributed by atoms with van der Waals surface area (Å²) in [5.74, 6) is -0.424. The average Bonchev–Trinajstić information content (AvgIpc) is 3.44. The number of piperazine rings is 1. The second-order valence-electron chi connectivity index (χ2n) is 7.36. The Kier molecular flexibility index (Phi) is 5.68. The van der Waals surface area contributed by atoms with Gasteiger partial charge in [-0.1, -0.05) is 6.07 Å². The number of amides is 2. The molecule has 0 bridgehead atoms. The molecule has 0 saturated carbocycles. The van der Waals surface area contributed by atoms with Crippen LogP contribution in [0.5, 0.6) is 0 Å². The minimum atomic E-state index is -4.49. The summed E-state index contributed by atoms with van der Waals surface area (Å²) in [6.07, 6.45) is -1.09. The van der Waals surface area contributed by atoms with Crippen LogP contribution in [0.2, 0.25) is 0 Å². The zero-order chi connectivity index (χ0) is 21.3. The van der Waals surface area contributed by atoms with E-state index >= 15 is 0 Å². The van der Waals surface area contributed by atoms with Gasteiger partial charge in [-0.3, -0.25) is 9.59 Å². The molecule has 2 saturated heterocycles. The Hall–Kier alpha value is -2.62. The number of hydrogen-bond acceptors (Lipinski definition) is 5. The summed E-state index contributed by atoms with van der Waals surface area (Å²) in [6.45, 7) is 2.12. The highest BCUT2D eigenvalue weighted by atomic mass is 32.1. The Morgan fingerprint density at radius 2 is 1.80 bits per heavy atom. The highest BCUT2D eigenvalue weighted by molar-refractivity contribution is 7.13. The van der Waals surface area contributed by atoms with Gasteiger partial charge in [0.15, 0.2) is 5.13 Å². The highest BCUT2D eigenvalue weighted by Crippen LogP contribution is 2.30. The van der Waals surface area contributed by atoms with Crippen molar-refractivity contribution in [3.05, 3.63) is 47.0 Å². The van der Waals surface area contributed by atoms with Crippen LogP contribution in [0, 0.1) is 0 Å². The fraction of sp³-hybridized carbons (Fsp3) is 0.450. The van der Waals surface area contributed by atoms with Gasteiger partial charge in [-0.2, -0.15) is 13.2 Å². The van der Waals surface area contributed by atoms with Crippen LogP contribution in [0.15, 0.2) is 35.8 Å². The lowest BCUT2D eigenvalue weighted by Crippen LogP contribution is -2.54. The standard InChI is InChI=1S/C20H21F3N4O2S/c21-20(22,23)15-4-1-3-14(13-15)17(28)25-8-10-26(11-9-25)18(29)16-5-2-7-27(16)19-24-6-12-30-19/h1,3-4,6,12-13,16H,2,5,7-11H2. The predicted octanol–water partition coefficient (Wildman–Crippen LogP) is 3.12. The SMILES string of the molecule is O=C(c1cccc(C(F)(F)F)c1)N1CCN(C(=O)C2CCCN2c2nccs2)CC1. The van der Waals surface area contributed by atoms with E-state index in [1.165, 1.54) is 28.4 Å². The maximum Gasteiger partial charge on any atom is 0.416 e. The molecule has 1 aromatic heterocycles. The van der Waals surface area contributed by atoms with Crippen molar-refractivity contribution < 1.29 is 22.8 Å². The second-order valence-corrected chi connectivity index (χ2v) is 8.24. The third-order valence-electron chi connectivity index (χ3n) is 5.52. The Morgan fingerprint density at radius 3 is 2.47 bits per heavy atom. The number of aromatic nitrogens is 1. The van der Waals surface area contributed by atoms with E-state index in [9.17, 15) is 22.8 Å². The van der Waals surface area contributed by atoms with Crippen LogP contribution in [0.4, 0.5) is 18.3 Å². The average molecular weight is 438 g/mol. The van der Waals surface area contributed by atoms with Crippen LogP contribution < -0.4 is 4.90 Å². The number of carbonyl (C=O) groups excluding carboxylic acids is 2. The fourth-order valence-electron chi connectivity index (χ4n) is 3.96. The summed E-state index contributed by atoms with van der Waals surface area (Å²) in [7, 11) is 0. The Labute approximate surface area is 175 Å². The van der Waals surface area contributed by atoms with Gasteiger partial charge in [0.2, 0.25) is 5.91 Å². The minimum absolute atomic E-state index is 0.00957. The van der Waals surface area contributed by atoms with Gasteiger partial charge >= 0.3 is 6.18 Å². The summed E-state index contributed by atoms with van der Waals surface area (Å²) < 4.78 is 38.8. The van der Waals surface area contributed by atoms with Gasteiger partial charge in [0.05, 0.1) is 5.56 Å².